The quantitative estimate of drug-likeness (QED) is 0.830. The Morgan fingerprint density at radius 2 is 2.00 bits per heavy atom. The minimum atomic E-state index is -0.561. The molecule has 2 aromatic heterocycles. The van der Waals surface area contributed by atoms with Crippen LogP contribution < -0.4 is 10.6 Å². The van der Waals surface area contributed by atoms with Gasteiger partial charge in [-0.3, -0.25) is 10.3 Å². The number of carbonyl (C=O) groups excluding carboxylic acids is 2. The van der Waals surface area contributed by atoms with Gasteiger partial charge in [0.2, 0.25) is 0 Å². The summed E-state index contributed by atoms with van der Waals surface area (Å²) in [7, 11) is 1.26. The van der Waals surface area contributed by atoms with Crippen LogP contribution in [-0.2, 0) is 4.74 Å². The van der Waals surface area contributed by atoms with Gasteiger partial charge in [-0.05, 0) is 34.1 Å². The molecule has 0 aliphatic carbocycles. The second kappa shape index (κ2) is 6.80. The van der Waals surface area contributed by atoms with Gasteiger partial charge in [0.1, 0.15) is 5.82 Å². The Morgan fingerprint density at radius 1 is 1.19 bits per heavy atom. The Balaban J connectivity index is 2.09. The van der Waals surface area contributed by atoms with Gasteiger partial charge in [0, 0.05) is 16.9 Å². The Bertz CT molecular complexity index is 661. The maximum absolute atomic E-state index is 11.9. The molecule has 0 unspecified atom stereocenters. The molecule has 0 aromatic carbocycles. The molecule has 0 bridgehead atoms. The van der Waals surface area contributed by atoms with Gasteiger partial charge in [-0.15, -0.1) is 0 Å². The van der Waals surface area contributed by atoms with Gasteiger partial charge in [-0.25, -0.2) is 14.6 Å². The first kappa shape index (κ1) is 14.9. The van der Waals surface area contributed by atoms with Crippen molar-refractivity contribution in [2.45, 2.75) is 0 Å². The molecule has 0 aliphatic heterocycles. The number of rotatable bonds is 3. The zero-order valence-corrected chi connectivity index (χ0v) is 12.5. The molecule has 2 amide bonds. The number of amides is 2. The number of hydrogen-bond acceptors (Lipinski definition) is 5. The smallest absolute Gasteiger partial charge is 0.340 e. The summed E-state index contributed by atoms with van der Waals surface area (Å²) in [5.41, 5.74) is 0.463. The van der Waals surface area contributed by atoms with Gasteiger partial charge in [-0.1, -0.05) is 0 Å². The van der Waals surface area contributed by atoms with E-state index in [2.05, 4.69) is 41.3 Å². The first-order valence-corrected chi connectivity index (χ1v) is 6.61. The molecule has 2 rings (SSSR count). The summed E-state index contributed by atoms with van der Waals surface area (Å²) >= 11 is 3.25. The molecule has 0 saturated carbocycles. The lowest BCUT2D eigenvalue weighted by Crippen LogP contribution is -2.21. The summed E-state index contributed by atoms with van der Waals surface area (Å²) in [4.78, 5) is 31.3. The van der Waals surface area contributed by atoms with Crippen molar-refractivity contribution in [3.8, 4) is 0 Å². The van der Waals surface area contributed by atoms with Crippen LogP contribution in [0, 0.1) is 0 Å². The number of anilines is 2. The van der Waals surface area contributed by atoms with E-state index < -0.39 is 12.0 Å². The summed E-state index contributed by atoms with van der Waals surface area (Å²) in [6.45, 7) is 0. The molecular formula is C13H11BrN4O3. The van der Waals surface area contributed by atoms with E-state index in [1.807, 2.05) is 0 Å². The van der Waals surface area contributed by atoms with Crippen molar-refractivity contribution in [3.63, 3.8) is 0 Å². The van der Waals surface area contributed by atoms with E-state index in [-0.39, 0.29) is 11.3 Å². The lowest BCUT2D eigenvalue weighted by molar-refractivity contribution is 0.0602. The van der Waals surface area contributed by atoms with Crippen LogP contribution in [-0.4, -0.2) is 29.1 Å². The number of hydrogen-bond donors (Lipinski definition) is 2. The largest absolute Gasteiger partial charge is 0.465 e. The summed E-state index contributed by atoms with van der Waals surface area (Å²) in [6, 6.07) is 4.29. The van der Waals surface area contributed by atoms with Crippen molar-refractivity contribution < 1.29 is 14.3 Å². The summed E-state index contributed by atoms with van der Waals surface area (Å²) in [6.07, 6.45) is 4.35. The van der Waals surface area contributed by atoms with Crippen molar-refractivity contribution in [2.24, 2.45) is 0 Å². The predicted molar refractivity (Wildman–Crippen MR) is 80.2 cm³/mol. The molecule has 0 fully saturated rings. The molecule has 8 heteroatoms. The number of aromatic nitrogens is 2. The number of pyridine rings is 2. The van der Waals surface area contributed by atoms with E-state index in [4.69, 9.17) is 0 Å². The molecular weight excluding hydrogens is 340 g/mol. The van der Waals surface area contributed by atoms with Gasteiger partial charge in [-0.2, -0.15) is 0 Å². The van der Waals surface area contributed by atoms with Crippen LogP contribution >= 0.6 is 15.9 Å². The standard InChI is InChI=1S/C13H11BrN4O3/c1-21-12(19)9-4-5-15-7-10(9)17-13(20)18-11-3-2-8(14)6-16-11/h2-7H,1H3,(H2,16,17,18,20). The number of methoxy groups -OCH3 is 1. The van der Waals surface area contributed by atoms with E-state index in [1.54, 1.807) is 18.3 Å². The fraction of sp³-hybridized carbons (Fsp3) is 0.0769. The topological polar surface area (TPSA) is 93.2 Å². The highest BCUT2D eigenvalue weighted by Gasteiger charge is 2.13. The van der Waals surface area contributed by atoms with E-state index in [0.29, 0.717) is 5.82 Å². The van der Waals surface area contributed by atoms with Crippen molar-refractivity contribution >= 4 is 39.4 Å². The van der Waals surface area contributed by atoms with Gasteiger partial charge in [0.25, 0.3) is 0 Å². The average Bonchev–Trinajstić information content (AvgIpc) is 2.49. The Labute approximate surface area is 128 Å². The Hall–Kier alpha value is -2.48. The van der Waals surface area contributed by atoms with Crippen LogP contribution in [0.2, 0.25) is 0 Å². The molecule has 108 valence electrons. The van der Waals surface area contributed by atoms with Crippen LogP contribution in [0.25, 0.3) is 0 Å². The molecule has 0 radical (unpaired) electrons. The lowest BCUT2D eigenvalue weighted by Gasteiger charge is -2.09. The van der Waals surface area contributed by atoms with Crippen molar-refractivity contribution in [1.82, 2.24) is 9.97 Å². The van der Waals surface area contributed by atoms with E-state index in [0.717, 1.165) is 4.47 Å². The van der Waals surface area contributed by atoms with Crippen molar-refractivity contribution in [3.05, 3.63) is 46.8 Å². The van der Waals surface area contributed by atoms with E-state index >= 15 is 0 Å². The molecule has 0 aliphatic rings. The summed E-state index contributed by atoms with van der Waals surface area (Å²) in [5, 5.41) is 5.06. The van der Waals surface area contributed by atoms with Crippen LogP contribution in [0.5, 0.6) is 0 Å². The number of nitrogens with zero attached hydrogens (tertiary/aromatic N) is 2. The monoisotopic (exact) mass is 350 g/mol. The van der Waals surface area contributed by atoms with Crippen LogP contribution in [0.3, 0.4) is 0 Å². The zero-order chi connectivity index (χ0) is 15.2. The molecule has 2 aromatic rings. The van der Waals surface area contributed by atoms with Gasteiger partial charge < -0.3 is 10.1 Å². The normalized spacial score (nSPS) is 9.81. The van der Waals surface area contributed by atoms with Gasteiger partial charge in [0.05, 0.1) is 24.6 Å². The fourth-order valence-corrected chi connectivity index (χ4v) is 1.74. The maximum Gasteiger partial charge on any atom is 0.340 e. The third-order valence-corrected chi connectivity index (χ3v) is 2.91. The number of nitrogens with one attached hydrogen (secondary N) is 2. The molecule has 2 heterocycles. The number of carbonyl (C=O) groups is 2. The second-order valence-electron chi connectivity index (χ2n) is 3.85. The van der Waals surface area contributed by atoms with Gasteiger partial charge in [0.15, 0.2) is 0 Å². The molecule has 21 heavy (non-hydrogen) atoms. The minimum Gasteiger partial charge on any atom is -0.465 e. The van der Waals surface area contributed by atoms with Gasteiger partial charge >= 0.3 is 12.0 Å². The summed E-state index contributed by atoms with van der Waals surface area (Å²) in [5.74, 6) is -0.186. The number of ether oxygens (including phenoxy) is 1. The summed E-state index contributed by atoms with van der Waals surface area (Å²) < 4.78 is 5.43. The highest BCUT2D eigenvalue weighted by molar-refractivity contribution is 9.10. The minimum absolute atomic E-state index is 0.214. The Morgan fingerprint density at radius 3 is 2.67 bits per heavy atom. The zero-order valence-electron chi connectivity index (χ0n) is 11.0. The molecule has 7 nitrogen and oxygen atoms in total. The lowest BCUT2D eigenvalue weighted by atomic mass is 10.2. The number of halogens is 1. The molecule has 0 atom stereocenters. The van der Waals surface area contributed by atoms with E-state index in [1.165, 1.54) is 25.6 Å². The molecule has 0 saturated heterocycles. The van der Waals surface area contributed by atoms with Crippen molar-refractivity contribution in [2.75, 3.05) is 17.7 Å². The van der Waals surface area contributed by atoms with Crippen LogP contribution in [0.15, 0.2) is 41.3 Å². The maximum atomic E-state index is 11.9. The number of urea groups is 1. The van der Waals surface area contributed by atoms with E-state index in [9.17, 15) is 9.59 Å². The first-order valence-electron chi connectivity index (χ1n) is 5.82. The molecule has 0 spiro atoms. The third-order valence-electron chi connectivity index (χ3n) is 2.44. The highest BCUT2D eigenvalue weighted by Crippen LogP contribution is 2.15. The SMILES string of the molecule is COC(=O)c1ccncc1NC(=O)Nc1ccc(Br)cn1. The molecule has 2 N–H and O–H groups in total. The number of esters is 1. The third kappa shape index (κ3) is 3.99. The Kier molecular flexibility index (Phi) is 4.83. The highest BCUT2D eigenvalue weighted by atomic mass is 79.9. The van der Waals surface area contributed by atoms with Crippen LogP contribution in [0.1, 0.15) is 10.4 Å². The average molecular weight is 351 g/mol. The second-order valence-corrected chi connectivity index (χ2v) is 4.77. The predicted octanol–water partition coefficient (Wildman–Crippen LogP) is 2.67. The fourth-order valence-electron chi connectivity index (χ4n) is 1.50. The van der Waals surface area contributed by atoms with Crippen molar-refractivity contribution in [1.29, 1.82) is 0 Å². The first-order chi connectivity index (χ1) is 10.1. The van der Waals surface area contributed by atoms with Crippen LogP contribution in [0.4, 0.5) is 16.3 Å².